The molecular weight excluding hydrogens is 308 g/mol. The maximum Gasteiger partial charge on any atom is 0.342 e. The molecule has 0 saturated carbocycles. The molecule has 0 radical (unpaired) electrons. The lowest BCUT2D eigenvalue weighted by Crippen LogP contribution is -1.96. The molecule has 0 aliphatic rings. The molecule has 0 aromatic heterocycles. The van der Waals surface area contributed by atoms with Gasteiger partial charge in [0.2, 0.25) is 0 Å². The van der Waals surface area contributed by atoms with Crippen LogP contribution in [-0.2, 0) is 4.79 Å². The minimum atomic E-state index is -0.954. The normalized spacial score (nSPS) is 11.6. The van der Waals surface area contributed by atoms with E-state index in [9.17, 15) is 15.0 Å². The van der Waals surface area contributed by atoms with Gasteiger partial charge in [-0.2, -0.15) is 0 Å². The lowest BCUT2D eigenvalue weighted by Gasteiger charge is -2.04. The predicted octanol–water partition coefficient (Wildman–Crippen LogP) is 4.76. The average molecular weight is 322 g/mol. The molecule has 0 heterocycles. The highest BCUT2D eigenvalue weighted by atomic mass is 32.2. The van der Waals surface area contributed by atoms with Gasteiger partial charge in [0.15, 0.2) is 0 Å². The zero-order chi connectivity index (χ0) is 16.2. The van der Waals surface area contributed by atoms with Gasteiger partial charge < -0.3 is 10.2 Å². The molecule has 0 bridgehead atoms. The average Bonchev–Trinajstić information content (AvgIpc) is 2.55. The number of phenolic OH excluding ortho intramolecular Hbond substituents is 1. The summed E-state index contributed by atoms with van der Waals surface area (Å²) in [4.78, 5) is 12.6. The molecule has 0 amide bonds. The smallest absolute Gasteiger partial charge is 0.342 e. The summed E-state index contributed by atoms with van der Waals surface area (Å²) in [6.07, 6.45) is 1.66. The van der Waals surface area contributed by atoms with Gasteiger partial charge in [-0.25, -0.2) is 4.79 Å². The predicted molar refractivity (Wildman–Crippen MR) is 93.5 cm³/mol. The third-order valence-corrected chi connectivity index (χ3v) is 4.35. The molecule has 3 aromatic rings. The van der Waals surface area contributed by atoms with Gasteiger partial charge in [-0.3, -0.25) is 0 Å². The van der Waals surface area contributed by atoms with E-state index in [0.717, 1.165) is 21.2 Å². The molecule has 0 saturated heterocycles. The van der Waals surface area contributed by atoms with Gasteiger partial charge in [-0.05, 0) is 52.7 Å². The summed E-state index contributed by atoms with van der Waals surface area (Å²) in [5, 5.41) is 20.8. The topological polar surface area (TPSA) is 57.5 Å². The third kappa shape index (κ3) is 3.73. The van der Waals surface area contributed by atoms with Gasteiger partial charge >= 0.3 is 5.97 Å². The van der Waals surface area contributed by atoms with E-state index in [4.69, 9.17) is 0 Å². The van der Waals surface area contributed by atoms with Crippen molar-refractivity contribution in [3.63, 3.8) is 0 Å². The Morgan fingerprint density at radius 2 is 1.61 bits per heavy atom. The minimum Gasteiger partial charge on any atom is -0.508 e. The highest BCUT2D eigenvalue weighted by Crippen LogP contribution is 2.29. The maximum absolute atomic E-state index is 11.5. The molecule has 0 spiro atoms. The van der Waals surface area contributed by atoms with E-state index in [1.807, 2.05) is 54.6 Å². The van der Waals surface area contributed by atoms with Gasteiger partial charge in [-0.1, -0.05) is 48.2 Å². The van der Waals surface area contributed by atoms with Crippen LogP contribution in [0.2, 0.25) is 0 Å². The van der Waals surface area contributed by atoms with Crippen LogP contribution in [-0.4, -0.2) is 16.2 Å². The van der Waals surface area contributed by atoms with Crippen molar-refractivity contribution in [2.24, 2.45) is 0 Å². The SMILES string of the molecule is O=C(O)/C(=C/c1ccc2cc(O)ccc2c1)Sc1ccccc1. The van der Waals surface area contributed by atoms with Crippen molar-refractivity contribution in [1.82, 2.24) is 0 Å². The number of aliphatic carboxylic acids is 1. The summed E-state index contributed by atoms with van der Waals surface area (Å²) in [6, 6.07) is 20.1. The summed E-state index contributed by atoms with van der Waals surface area (Å²) in [7, 11) is 0. The number of hydrogen-bond donors (Lipinski definition) is 2. The molecule has 0 aliphatic carbocycles. The number of rotatable bonds is 4. The number of aromatic hydroxyl groups is 1. The summed E-state index contributed by atoms with van der Waals surface area (Å²) < 4.78 is 0. The van der Waals surface area contributed by atoms with Crippen LogP contribution in [0, 0.1) is 0 Å². The molecular formula is C19H14O3S. The van der Waals surface area contributed by atoms with Crippen LogP contribution in [0.3, 0.4) is 0 Å². The van der Waals surface area contributed by atoms with Gasteiger partial charge in [0, 0.05) is 4.90 Å². The van der Waals surface area contributed by atoms with Crippen LogP contribution >= 0.6 is 11.8 Å². The molecule has 4 heteroatoms. The molecule has 0 aliphatic heterocycles. The zero-order valence-electron chi connectivity index (χ0n) is 12.1. The van der Waals surface area contributed by atoms with Crippen molar-refractivity contribution >= 4 is 34.6 Å². The highest BCUT2D eigenvalue weighted by molar-refractivity contribution is 8.04. The van der Waals surface area contributed by atoms with Crippen LogP contribution in [0.4, 0.5) is 0 Å². The Morgan fingerprint density at radius 3 is 2.35 bits per heavy atom. The Labute approximate surface area is 137 Å². The Morgan fingerprint density at radius 1 is 0.913 bits per heavy atom. The molecule has 0 fully saturated rings. The minimum absolute atomic E-state index is 0.214. The Kier molecular flexibility index (Phi) is 4.35. The van der Waals surface area contributed by atoms with E-state index in [1.54, 1.807) is 18.2 Å². The first-order valence-electron chi connectivity index (χ1n) is 7.02. The Hall–Kier alpha value is -2.72. The van der Waals surface area contributed by atoms with Crippen LogP contribution in [0.25, 0.3) is 16.8 Å². The second-order valence-corrected chi connectivity index (χ2v) is 6.14. The van der Waals surface area contributed by atoms with Gasteiger partial charge in [0.25, 0.3) is 0 Å². The van der Waals surface area contributed by atoms with Gasteiger partial charge in [0.1, 0.15) is 5.75 Å². The monoisotopic (exact) mass is 322 g/mol. The first-order chi connectivity index (χ1) is 11.1. The number of carbonyl (C=O) groups is 1. The zero-order valence-corrected chi connectivity index (χ0v) is 13.0. The molecule has 3 aromatic carbocycles. The quantitative estimate of drug-likeness (QED) is 0.537. The van der Waals surface area contributed by atoms with Crippen molar-refractivity contribution in [3.05, 3.63) is 77.2 Å². The van der Waals surface area contributed by atoms with Crippen LogP contribution in [0.1, 0.15) is 5.56 Å². The third-order valence-electron chi connectivity index (χ3n) is 3.33. The number of benzene rings is 3. The van der Waals surface area contributed by atoms with Crippen molar-refractivity contribution in [2.45, 2.75) is 4.90 Å². The Bertz CT molecular complexity index is 886. The van der Waals surface area contributed by atoms with E-state index in [0.29, 0.717) is 0 Å². The van der Waals surface area contributed by atoms with Crippen molar-refractivity contribution in [1.29, 1.82) is 0 Å². The molecule has 23 heavy (non-hydrogen) atoms. The lowest BCUT2D eigenvalue weighted by atomic mass is 10.1. The second kappa shape index (κ2) is 6.58. The largest absolute Gasteiger partial charge is 0.508 e. The maximum atomic E-state index is 11.5. The number of hydrogen-bond acceptors (Lipinski definition) is 3. The molecule has 2 N–H and O–H groups in total. The summed E-state index contributed by atoms with van der Waals surface area (Å²) in [6.45, 7) is 0. The summed E-state index contributed by atoms with van der Waals surface area (Å²) >= 11 is 1.22. The van der Waals surface area contributed by atoms with E-state index >= 15 is 0 Å². The molecule has 0 unspecified atom stereocenters. The second-order valence-electron chi connectivity index (χ2n) is 5.02. The summed E-state index contributed by atoms with van der Waals surface area (Å²) in [5.41, 5.74) is 0.809. The van der Waals surface area contributed by atoms with E-state index in [1.165, 1.54) is 11.8 Å². The first-order valence-corrected chi connectivity index (χ1v) is 7.84. The van der Waals surface area contributed by atoms with E-state index in [-0.39, 0.29) is 10.7 Å². The fraction of sp³-hybridized carbons (Fsp3) is 0. The van der Waals surface area contributed by atoms with Crippen LogP contribution < -0.4 is 0 Å². The Balaban J connectivity index is 1.96. The van der Waals surface area contributed by atoms with Gasteiger partial charge in [0.05, 0.1) is 4.91 Å². The van der Waals surface area contributed by atoms with Gasteiger partial charge in [-0.15, -0.1) is 0 Å². The molecule has 3 nitrogen and oxygen atoms in total. The number of carboxylic acid groups (broad SMARTS) is 1. The van der Waals surface area contributed by atoms with Crippen LogP contribution in [0.5, 0.6) is 5.75 Å². The fourth-order valence-corrected chi connectivity index (χ4v) is 3.07. The summed E-state index contributed by atoms with van der Waals surface area (Å²) in [5.74, 6) is -0.740. The highest BCUT2D eigenvalue weighted by Gasteiger charge is 2.10. The number of carboxylic acids is 1. The number of phenols is 1. The molecule has 0 atom stereocenters. The van der Waals surface area contributed by atoms with Crippen molar-refractivity contribution in [3.8, 4) is 5.75 Å². The van der Waals surface area contributed by atoms with Crippen LogP contribution in [0.15, 0.2) is 76.5 Å². The van der Waals surface area contributed by atoms with E-state index in [2.05, 4.69) is 0 Å². The molecule has 114 valence electrons. The van der Waals surface area contributed by atoms with Crippen molar-refractivity contribution in [2.75, 3.05) is 0 Å². The lowest BCUT2D eigenvalue weighted by molar-refractivity contribution is -0.131. The number of thioether (sulfide) groups is 1. The van der Waals surface area contributed by atoms with Crippen molar-refractivity contribution < 1.29 is 15.0 Å². The fourth-order valence-electron chi connectivity index (χ4n) is 2.24. The first kappa shape index (κ1) is 15.2. The standard InChI is InChI=1S/C19H14O3S/c20-16-9-8-14-10-13(6-7-15(14)12-16)11-18(19(21)22)23-17-4-2-1-3-5-17/h1-12,20H,(H,21,22)/b18-11-. The number of fused-ring (bicyclic) bond motifs is 1. The molecule has 3 rings (SSSR count). The van der Waals surface area contributed by atoms with E-state index < -0.39 is 5.97 Å².